The third-order valence-electron chi connectivity index (χ3n) is 3.63. The topological polar surface area (TPSA) is 12.5 Å². The van der Waals surface area contributed by atoms with Gasteiger partial charge in [-0.25, -0.2) is 0 Å². The Bertz CT molecular complexity index is 146. The quantitative estimate of drug-likeness (QED) is 0.592. The second-order valence-electron chi connectivity index (χ2n) is 4.23. The van der Waals surface area contributed by atoms with E-state index in [2.05, 4.69) is 11.9 Å². The van der Waals surface area contributed by atoms with Gasteiger partial charge in [0.1, 0.15) is 0 Å². The van der Waals surface area contributed by atoms with Gasteiger partial charge in [0.05, 0.1) is 6.10 Å². The minimum Gasteiger partial charge on any atom is -0.381 e. The molecule has 0 aromatic carbocycles. The molecule has 2 bridgehead atoms. The zero-order chi connectivity index (χ0) is 8.55. The van der Waals surface area contributed by atoms with Crippen LogP contribution < -0.4 is 0 Å². The minimum absolute atomic E-state index is 0.538. The maximum atomic E-state index is 5.45. The number of hydrogen-bond donors (Lipinski definition) is 0. The van der Waals surface area contributed by atoms with Crippen molar-refractivity contribution in [3.63, 3.8) is 0 Å². The van der Waals surface area contributed by atoms with Crippen LogP contribution in [0.25, 0.3) is 0 Å². The molecule has 12 heavy (non-hydrogen) atoms. The van der Waals surface area contributed by atoms with E-state index >= 15 is 0 Å². The molecule has 0 N–H and O–H groups in total. The second kappa shape index (κ2) is 3.35. The van der Waals surface area contributed by atoms with Crippen LogP contribution in [0.4, 0.5) is 0 Å². The van der Waals surface area contributed by atoms with Crippen molar-refractivity contribution in [1.82, 2.24) is 4.90 Å². The first-order valence-corrected chi connectivity index (χ1v) is 5.06. The summed E-state index contributed by atoms with van der Waals surface area (Å²) in [5.41, 5.74) is 0. The maximum Gasteiger partial charge on any atom is 0.0601 e. The standard InChI is InChI=1S/C10H19NO/c1-11-8-4-3-5-9(11)7-10(6-8)12-2/h8-10H,3-7H2,1-2H3/t8-,9+,10+. The molecule has 0 unspecified atom stereocenters. The van der Waals surface area contributed by atoms with Gasteiger partial charge in [0, 0.05) is 19.2 Å². The average molecular weight is 169 g/mol. The van der Waals surface area contributed by atoms with Crippen LogP contribution in [0.3, 0.4) is 0 Å². The summed E-state index contributed by atoms with van der Waals surface area (Å²) in [4.78, 5) is 2.57. The zero-order valence-corrected chi connectivity index (χ0v) is 8.12. The van der Waals surface area contributed by atoms with Gasteiger partial charge in [-0.15, -0.1) is 0 Å². The van der Waals surface area contributed by atoms with Crippen LogP contribution in [0.1, 0.15) is 32.1 Å². The molecule has 0 spiro atoms. The molecule has 0 aliphatic carbocycles. The van der Waals surface area contributed by atoms with Gasteiger partial charge in [-0.1, -0.05) is 6.42 Å². The molecule has 2 saturated heterocycles. The van der Waals surface area contributed by atoms with Crippen LogP contribution in [0, 0.1) is 0 Å². The Morgan fingerprint density at radius 3 is 2.25 bits per heavy atom. The fourth-order valence-electron chi connectivity index (χ4n) is 2.76. The van der Waals surface area contributed by atoms with Gasteiger partial charge >= 0.3 is 0 Å². The molecule has 0 radical (unpaired) electrons. The Hall–Kier alpha value is -0.0800. The SMILES string of the molecule is CO[C@H]1C[C@H]2CCC[C@@H](C1)N2C. The molecule has 2 heteroatoms. The van der Waals surface area contributed by atoms with E-state index in [1.165, 1.54) is 32.1 Å². The van der Waals surface area contributed by atoms with Gasteiger partial charge in [-0.3, -0.25) is 0 Å². The minimum atomic E-state index is 0.538. The van der Waals surface area contributed by atoms with Crippen molar-refractivity contribution < 1.29 is 4.74 Å². The Labute approximate surface area is 74.9 Å². The molecule has 0 aromatic rings. The lowest BCUT2D eigenvalue weighted by molar-refractivity contribution is -0.0312. The smallest absolute Gasteiger partial charge is 0.0601 e. The summed E-state index contributed by atoms with van der Waals surface area (Å²) in [7, 11) is 4.13. The van der Waals surface area contributed by atoms with E-state index in [1.54, 1.807) is 0 Å². The van der Waals surface area contributed by atoms with E-state index in [-0.39, 0.29) is 0 Å². The number of fused-ring (bicyclic) bond motifs is 2. The highest BCUT2D eigenvalue weighted by Crippen LogP contribution is 2.33. The lowest BCUT2D eigenvalue weighted by Gasteiger charge is -2.46. The normalized spacial score (nSPS) is 43.0. The Balaban J connectivity index is 2.02. The van der Waals surface area contributed by atoms with Crippen LogP contribution >= 0.6 is 0 Å². The fourth-order valence-corrected chi connectivity index (χ4v) is 2.76. The second-order valence-corrected chi connectivity index (χ2v) is 4.23. The van der Waals surface area contributed by atoms with Gasteiger partial charge in [-0.05, 0) is 32.7 Å². The maximum absolute atomic E-state index is 5.45. The molecular formula is C10H19NO. The molecule has 3 atom stereocenters. The van der Waals surface area contributed by atoms with E-state index in [1.807, 2.05) is 7.11 Å². The number of hydrogen-bond acceptors (Lipinski definition) is 2. The lowest BCUT2D eigenvalue weighted by Crippen LogP contribution is -2.51. The van der Waals surface area contributed by atoms with E-state index in [0.717, 1.165) is 12.1 Å². The summed E-state index contributed by atoms with van der Waals surface area (Å²) in [6, 6.07) is 1.62. The largest absolute Gasteiger partial charge is 0.381 e. The third-order valence-corrected chi connectivity index (χ3v) is 3.63. The summed E-state index contributed by atoms with van der Waals surface area (Å²) in [6.45, 7) is 0. The van der Waals surface area contributed by atoms with E-state index in [9.17, 15) is 0 Å². The molecular weight excluding hydrogens is 150 g/mol. The Morgan fingerprint density at radius 2 is 1.75 bits per heavy atom. The number of rotatable bonds is 1. The van der Waals surface area contributed by atoms with Gasteiger partial charge in [0.15, 0.2) is 0 Å². The first-order valence-electron chi connectivity index (χ1n) is 5.06. The first-order chi connectivity index (χ1) is 5.81. The molecule has 2 heterocycles. The fraction of sp³-hybridized carbons (Fsp3) is 1.00. The Morgan fingerprint density at radius 1 is 1.17 bits per heavy atom. The summed E-state index contributed by atoms with van der Waals surface area (Å²) >= 11 is 0. The van der Waals surface area contributed by atoms with Gasteiger partial charge in [0.25, 0.3) is 0 Å². The van der Waals surface area contributed by atoms with Crippen molar-refractivity contribution in [3.05, 3.63) is 0 Å². The van der Waals surface area contributed by atoms with Crippen LogP contribution in [0.15, 0.2) is 0 Å². The third kappa shape index (κ3) is 1.38. The van der Waals surface area contributed by atoms with Crippen molar-refractivity contribution in [2.75, 3.05) is 14.2 Å². The molecule has 2 rings (SSSR count). The molecule has 70 valence electrons. The summed E-state index contributed by atoms with van der Waals surface area (Å²) in [5.74, 6) is 0. The molecule has 0 saturated carbocycles. The van der Waals surface area contributed by atoms with Gasteiger partial charge in [0.2, 0.25) is 0 Å². The summed E-state index contributed by atoms with van der Waals surface area (Å²) in [5, 5.41) is 0. The predicted molar refractivity (Wildman–Crippen MR) is 49.2 cm³/mol. The molecule has 2 aliphatic rings. The zero-order valence-electron chi connectivity index (χ0n) is 8.12. The number of methoxy groups -OCH3 is 1. The van der Waals surface area contributed by atoms with E-state index in [4.69, 9.17) is 4.74 Å². The molecule has 0 aromatic heterocycles. The molecule has 2 aliphatic heterocycles. The number of ether oxygens (including phenoxy) is 1. The van der Waals surface area contributed by atoms with Crippen LogP contribution in [-0.2, 0) is 4.74 Å². The monoisotopic (exact) mass is 169 g/mol. The number of nitrogens with zero attached hydrogens (tertiary/aromatic N) is 1. The number of piperidine rings is 2. The summed E-state index contributed by atoms with van der Waals surface area (Å²) in [6.07, 6.45) is 7.24. The van der Waals surface area contributed by atoms with E-state index in [0.29, 0.717) is 6.10 Å². The summed E-state index contributed by atoms with van der Waals surface area (Å²) < 4.78 is 5.45. The average Bonchev–Trinajstić information content (AvgIpc) is 2.04. The molecule has 2 nitrogen and oxygen atoms in total. The van der Waals surface area contributed by atoms with Crippen molar-refractivity contribution >= 4 is 0 Å². The van der Waals surface area contributed by atoms with Gasteiger partial charge < -0.3 is 9.64 Å². The molecule has 2 fully saturated rings. The predicted octanol–water partition coefficient (Wildman–Crippen LogP) is 1.65. The van der Waals surface area contributed by atoms with Crippen LogP contribution in [-0.4, -0.2) is 37.2 Å². The van der Waals surface area contributed by atoms with Crippen molar-refractivity contribution in [3.8, 4) is 0 Å². The van der Waals surface area contributed by atoms with Crippen molar-refractivity contribution in [2.45, 2.75) is 50.3 Å². The molecule has 0 amide bonds. The highest BCUT2D eigenvalue weighted by Gasteiger charge is 2.35. The lowest BCUT2D eigenvalue weighted by atomic mass is 9.83. The van der Waals surface area contributed by atoms with Gasteiger partial charge in [-0.2, -0.15) is 0 Å². The van der Waals surface area contributed by atoms with E-state index < -0.39 is 0 Å². The highest BCUT2D eigenvalue weighted by atomic mass is 16.5. The van der Waals surface area contributed by atoms with Crippen LogP contribution in [0.5, 0.6) is 0 Å². The first kappa shape index (κ1) is 8.52. The highest BCUT2D eigenvalue weighted by molar-refractivity contribution is 4.90. The van der Waals surface area contributed by atoms with Crippen LogP contribution in [0.2, 0.25) is 0 Å². The Kier molecular flexibility index (Phi) is 2.37. The van der Waals surface area contributed by atoms with Crippen molar-refractivity contribution in [2.24, 2.45) is 0 Å². The van der Waals surface area contributed by atoms with Crippen molar-refractivity contribution in [1.29, 1.82) is 0 Å².